The Morgan fingerprint density at radius 3 is 2.33 bits per heavy atom. The summed E-state index contributed by atoms with van der Waals surface area (Å²) in [6.45, 7) is 5.59. The summed E-state index contributed by atoms with van der Waals surface area (Å²) >= 11 is 5.71. The van der Waals surface area contributed by atoms with Crippen LogP contribution in [0.4, 0.5) is 8.78 Å². The fourth-order valence-corrected chi connectivity index (χ4v) is 3.91. The van der Waals surface area contributed by atoms with Crippen LogP contribution in [0, 0.1) is 17.0 Å². The molecule has 5 heteroatoms. The first-order valence-corrected chi connectivity index (χ1v) is 9.38. The number of benzene rings is 2. The number of ketones is 2. The van der Waals surface area contributed by atoms with Crippen LogP contribution in [-0.2, 0) is 16.0 Å². The summed E-state index contributed by atoms with van der Waals surface area (Å²) in [6, 6.07) is 7.03. The van der Waals surface area contributed by atoms with Crippen molar-refractivity contribution < 1.29 is 18.4 Å². The minimum Gasteiger partial charge on any atom is -0.299 e. The fraction of sp³-hybridized carbons (Fsp3) is 0.364. The first-order valence-electron chi connectivity index (χ1n) is 9.00. The van der Waals surface area contributed by atoms with Gasteiger partial charge >= 0.3 is 0 Å². The molecule has 1 fully saturated rings. The third-order valence-electron chi connectivity index (χ3n) is 5.38. The van der Waals surface area contributed by atoms with E-state index in [4.69, 9.17) is 11.6 Å². The molecule has 27 heavy (non-hydrogen) atoms. The number of hydrogen-bond donors (Lipinski definition) is 0. The molecule has 1 aliphatic carbocycles. The van der Waals surface area contributed by atoms with Gasteiger partial charge in [0.15, 0.2) is 5.78 Å². The van der Waals surface area contributed by atoms with E-state index < -0.39 is 23.0 Å². The standard InChI is InChI=1S/C22H21ClF2O2/c1-4-12-5-6-13(19-16(24)10-14(23)11-17(19)25)9-15(12)20-18(26)7-8-22(2,3)21(20)27/h5-6,9-11,20H,4,7-8H2,1-3H3. The average Bonchev–Trinajstić information content (AvgIpc) is 2.58. The van der Waals surface area contributed by atoms with Crippen LogP contribution in [0.15, 0.2) is 30.3 Å². The lowest BCUT2D eigenvalue weighted by atomic mass is 9.67. The smallest absolute Gasteiger partial charge is 0.153 e. The molecule has 0 amide bonds. The van der Waals surface area contributed by atoms with Crippen LogP contribution in [0.5, 0.6) is 0 Å². The van der Waals surface area contributed by atoms with Gasteiger partial charge in [0.05, 0.1) is 5.56 Å². The van der Waals surface area contributed by atoms with Crippen LogP contribution in [0.3, 0.4) is 0 Å². The number of carbonyl (C=O) groups is 2. The molecule has 0 spiro atoms. The van der Waals surface area contributed by atoms with E-state index >= 15 is 0 Å². The van der Waals surface area contributed by atoms with Crippen LogP contribution >= 0.6 is 11.6 Å². The second-order valence-electron chi connectivity index (χ2n) is 7.66. The van der Waals surface area contributed by atoms with Crippen LogP contribution < -0.4 is 0 Å². The quantitative estimate of drug-likeness (QED) is 0.612. The molecule has 1 saturated carbocycles. The summed E-state index contributed by atoms with van der Waals surface area (Å²) in [7, 11) is 0. The highest BCUT2D eigenvalue weighted by Crippen LogP contribution is 2.41. The third-order valence-corrected chi connectivity index (χ3v) is 5.60. The lowest BCUT2D eigenvalue weighted by molar-refractivity contribution is -0.139. The first-order chi connectivity index (χ1) is 12.7. The van der Waals surface area contributed by atoms with Gasteiger partial charge in [-0.05, 0) is 47.7 Å². The van der Waals surface area contributed by atoms with Crippen molar-refractivity contribution in [3.05, 3.63) is 58.1 Å². The van der Waals surface area contributed by atoms with Crippen molar-refractivity contribution in [1.29, 1.82) is 0 Å². The highest BCUT2D eigenvalue weighted by atomic mass is 35.5. The maximum absolute atomic E-state index is 14.4. The normalized spacial score (nSPS) is 19.4. The van der Waals surface area contributed by atoms with Gasteiger partial charge in [0.1, 0.15) is 23.3 Å². The number of hydrogen-bond acceptors (Lipinski definition) is 2. The van der Waals surface area contributed by atoms with E-state index in [1.807, 2.05) is 20.8 Å². The second-order valence-corrected chi connectivity index (χ2v) is 8.10. The zero-order valence-electron chi connectivity index (χ0n) is 15.5. The van der Waals surface area contributed by atoms with Crippen molar-refractivity contribution in [1.82, 2.24) is 0 Å². The highest BCUT2D eigenvalue weighted by Gasteiger charge is 2.43. The monoisotopic (exact) mass is 390 g/mol. The highest BCUT2D eigenvalue weighted by molar-refractivity contribution is 6.30. The van der Waals surface area contributed by atoms with Gasteiger partial charge in [0, 0.05) is 16.9 Å². The molecule has 0 aliphatic heterocycles. The maximum atomic E-state index is 14.4. The number of aryl methyl sites for hydroxylation is 1. The van der Waals surface area contributed by atoms with Crippen molar-refractivity contribution in [2.45, 2.75) is 46.0 Å². The van der Waals surface area contributed by atoms with Crippen molar-refractivity contribution in [2.24, 2.45) is 5.41 Å². The van der Waals surface area contributed by atoms with Gasteiger partial charge < -0.3 is 0 Å². The van der Waals surface area contributed by atoms with E-state index in [1.54, 1.807) is 18.2 Å². The maximum Gasteiger partial charge on any atom is 0.153 e. The molecular weight excluding hydrogens is 370 g/mol. The predicted octanol–water partition coefficient (Wildman–Crippen LogP) is 5.89. The molecule has 0 bridgehead atoms. The minimum absolute atomic E-state index is 0.0291. The molecule has 1 unspecified atom stereocenters. The molecule has 0 N–H and O–H groups in total. The van der Waals surface area contributed by atoms with Gasteiger partial charge in [-0.3, -0.25) is 9.59 Å². The zero-order chi connectivity index (χ0) is 19.9. The summed E-state index contributed by atoms with van der Waals surface area (Å²) in [5.41, 5.74) is 0.858. The van der Waals surface area contributed by atoms with E-state index in [-0.39, 0.29) is 27.7 Å². The fourth-order valence-electron chi connectivity index (χ4n) is 3.71. The molecule has 3 rings (SSSR count). The Hall–Kier alpha value is -2.07. The molecule has 0 aromatic heterocycles. The molecule has 2 aromatic carbocycles. The van der Waals surface area contributed by atoms with Gasteiger partial charge in [0.25, 0.3) is 0 Å². The SMILES string of the molecule is CCc1ccc(-c2c(F)cc(Cl)cc2F)cc1C1C(=O)CCC(C)(C)C1=O. The van der Waals surface area contributed by atoms with E-state index in [9.17, 15) is 18.4 Å². The number of halogens is 3. The largest absolute Gasteiger partial charge is 0.299 e. The van der Waals surface area contributed by atoms with Crippen molar-refractivity contribution in [3.63, 3.8) is 0 Å². The van der Waals surface area contributed by atoms with Crippen molar-refractivity contribution in [2.75, 3.05) is 0 Å². The van der Waals surface area contributed by atoms with Crippen LogP contribution in [0.25, 0.3) is 11.1 Å². The summed E-state index contributed by atoms with van der Waals surface area (Å²) in [5.74, 6) is -2.72. The summed E-state index contributed by atoms with van der Waals surface area (Å²) in [6.07, 6.45) is 1.45. The summed E-state index contributed by atoms with van der Waals surface area (Å²) in [5, 5.41) is -0.0291. The van der Waals surface area contributed by atoms with Crippen molar-refractivity contribution in [3.8, 4) is 11.1 Å². The Balaban J connectivity index is 2.18. The summed E-state index contributed by atoms with van der Waals surface area (Å²) < 4.78 is 28.7. The van der Waals surface area contributed by atoms with Crippen LogP contribution in [0.1, 0.15) is 50.7 Å². The summed E-state index contributed by atoms with van der Waals surface area (Å²) in [4.78, 5) is 25.6. The average molecular weight is 391 g/mol. The minimum atomic E-state index is -0.887. The van der Waals surface area contributed by atoms with Crippen LogP contribution in [0.2, 0.25) is 5.02 Å². The van der Waals surface area contributed by atoms with E-state index in [0.717, 1.165) is 17.7 Å². The predicted molar refractivity (Wildman–Crippen MR) is 102 cm³/mol. The number of rotatable bonds is 3. The van der Waals surface area contributed by atoms with Crippen molar-refractivity contribution >= 4 is 23.2 Å². The van der Waals surface area contributed by atoms with Crippen LogP contribution in [-0.4, -0.2) is 11.6 Å². The molecule has 0 radical (unpaired) electrons. The molecular formula is C22H21ClF2O2. The molecule has 142 valence electrons. The molecule has 0 heterocycles. The van der Waals surface area contributed by atoms with Gasteiger partial charge in [-0.15, -0.1) is 0 Å². The Bertz CT molecular complexity index is 911. The lowest BCUT2D eigenvalue weighted by Crippen LogP contribution is -2.39. The van der Waals surface area contributed by atoms with E-state index in [0.29, 0.717) is 24.8 Å². The molecule has 1 atom stereocenters. The first kappa shape index (κ1) is 19.7. The Labute approximate surface area is 162 Å². The van der Waals surface area contributed by atoms with Gasteiger partial charge in [-0.2, -0.15) is 0 Å². The molecule has 2 nitrogen and oxygen atoms in total. The Morgan fingerprint density at radius 2 is 1.74 bits per heavy atom. The molecule has 1 aliphatic rings. The molecule has 0 saturated heterocycles. The lowest BCUT2D eigenvalue weighted by Gasteiger charge is -2.33. The van der Waals surface area contributed by atoms with Gasteiger partial charge in [-0.1, -0.05) is 44.5 Å². The topological polar surface area (TPSA) is 34.1 Å². The number of Topliss-reactive ketones (excluding diaryl/α,β-unsaturated/α-hetero) is 2. The van der Waals surface area contributed by atoms with E-state index in [1.165, 1.54) is 0 Å². The van der Waals surface area contributed by atoms with E-state index in [2.05, 4.69) is 0 Å². The molecule has 2 aromatic rings. The van der Waals surface area contributed by atoms with Gasteiger partial charge in [0.2, 0.25) is 0 Å². The second kappa shape index (κ2) is 7.16. The Morgan fingerprint density at radius 1 is 1.11 bits per heavy atom. The zero-order valence-corrected chi connectivity index (χ0v) is 16.3. The number of carbonyl (C=O) groups excluding carboxylic acids is 2. The Kier molecular flexibility index (Phi) is 5.22. The van der Waals surface area contributed by atoms with Gasteiger partial charge in [-0.25, -0.2) is 8.78 Å². The third kappa shape index (κ3) is 3.55.